The van der Waals surface area contributed by atoms with Gasteiger partial charge >= 0.3 is 0 Å². The van der Waals surface area contributed by atoms with Crippen LogP contribution < -0.4 is 11.1 Å². The first kappa shape index (κ1) is 14.1. The van der Waals surface area contributed by atoms with Gasteiger partial charge in [-0.2, -0.15) is 0 Å². The predicted molar refractivity (Wildman–Crippen MR) is 82.6 cm³/mol. The molecule has 0 aromatic heterocycles. The highest BCUT2D eigenvalue weighted by molar-refractivity contribution is 5.76. The lowest BCUT2D eigenvalue weighted by Crippen LogP contribution is -2.13. The van der Waals surface area contributed by atoms with Crippen LogP contribution in [0, 0.1) is 13.8 Å². The highest BCUT2D eigenvalue weighted by Gasteiger charge is 2.00. The number of hydrogen-bond acceptors (Lipinski definition) is 2. The van der Waals surface area contributed by atoms with Crippen LogP contribution in [0.2, 0.25) is 0 Å². The van der Waals surface area contributed by atoms with E-state index in [2.05, 4.69) is 37.4 Å². The van der Waals surface area contributed by atoms with Crippen molar-refractivity contribution in [3.05, 3.63) is 64.7 Å². The van der Waals surface area contributed by atoms with Gasteiger partial charge in [0, 0.05) is 12.2 Å². The van der Waals surface area contributed by atoms with Crippen molar-refractivity contribution in [2.45, 2.75) is 26.8 Å². The van der Waals surface area contributed by atoms with Gasteiger partial charge in [0.1, 0.15) is 0 Å². The van der Waals surface area contributed by atoms with Gasteiger partial charge < -0.3 is 11.1 Å². The van der Waals surface area contributed by atoms with Crippen molar-refractivity contribution in [3.63, 3.8) is 0 Å². The maximum absolute atomic E-state index is 10.8. The summed E-state index contributed by atoms with van der Waals surface area (Å²) in [4.78, 5) is 10.8. The zero-order valence-electron chi connectivity index (χ0n) is 11.9. The van der Waals surface area contributed by atoms with Crippen LogP contribution >= 0.6 is 0 Å². The number of hydrogen-bond donors (Lipinski definition) is 2. The quantitative estimate of drug-likeness (QED) is 0.876. The number of carbonyl (C=O) groups excluding carboxylic acids is 1. The first-order valence-electron chi connectivity index (χ1n) is 6.71. The minimum absolute atomic E-state index is 0.289. The molecule has 3 nitrogen and oxygen atoms in total. The van der Waals surface area contributed by atoms with Crippen molar-refractivity contribution < 1.29 is 4.79 Å². The fourth-order valence-corrected chi connectivity index (χ4v) is 2.32. The van der Waals surface area contributed by atoms with E-state index in [0.29, 0.717) is 0 Å². The van der Waals surface area contributed by atoms with E-state index in [4.69, 9.17) is 5.73 Å². The van der Waals surface area contributed by atoms with E-state index in [9.17, 15) is 4.79 Å². The van der Waals surface area contributed by atoms with Gasteiger partial charge in [0.15, 0.2) is 0 Å². The first-order chi connectivity index (χ1) is 9.52. The molecular weight excluding hydrogens is 248 g/mol. The van der Waals surface area contributed by atoms with Gasteiger partial charge in [0.25, 0.3) is 0 Å². The van der Waals surface area contributed by atoms with Crippen molar-refractivity contribution in [1.29, 1.82) is 0 Å². The van der Waals surface area contributed by atoms with E-state index < -0.39 is 0 Å². The van der Waals surface area contributed by atoms with Crippen LogP contribution in [0.5, 0.6) is 0 Å². The highest BCUT2D eigenvalue weighted by Crippen LogP contribution is 2.13. The predicted octanol–water partition coefficient (Wildman–Crippen LogP) is 2.94. The second-order valence-electron chi connectivity index (χ2n) is 5.19. The van der Waals surface area contributed by atoms with E-state index >= 15 is 0 Å². The molecular formula is C17H20N2O. The van der Waals surface area contributed by atoms with Crippen LogP contribution in [0.4, 0.5) is 5.69 Å². The number of carbonyl (C=O) groups is 1. The number of rotatable bonds is 5. The molecule has 3 heteroatoms. The zero-order valence-corrected chi connectivity index (χ0v) is 11.9. The molecule has 0 aliphatic heterocycles. The molecule has 2 aromatic rings. The summed E-state index contributed by atoms with van der Waals surface area (Å²) in [7, 11) is 0. The molecule has 2 aromatic carbocycles. The van der Waals surface area contributed by atoms with Crippen molar-refractivity contribution in [1.82, 2.24) is 0 Å². The van der Waals surface area contributed by atoms with E-state index in [-0.39, 0.29) is 12.3 Å². The third-order valence-electron chi connectivity index (χ3n) is 3.11. The summed E-state index contributed by atoms with van der Waals surface area (Å²) in [6.45, 7) is 5.00. The molecule has 0 aliphatic rings. The molecule has 1 amide bonds. The third kappa shape index (κ3) is 4.12. The number of anilines is 1. The number of benzene rings is 2. The Labute approximate surface area is 119 Å². The largest absolute Gasteiger partial charge is 0.381 e. The van der Waals surface area contributed by atoms with Crippen LogP contribution in [0.3, 0.4) is 0 Å². The molecule has 0 spiro atoms. The summed E-state index contributed by atoms with van der Waals surface area (Å²) >= 11 is 0. The van der Waals surface area contributed by atoms with Gasteiger partial charge in [-0.1, -0.05) is 41.5 Å². The summed E-state index contributed by atoms with van der Waals surface area (Å²) in [5.41, 5.74) is 11.0. The van der Waals surface area contributed by atoms with E-state index in [1.807, 2.05) is 24.3 Å². The van der Waals surface area contributed by atoms with Gasteiger partial charge in [-0.05, 0) is 37.1 Å². The van der Waals surface area contributed by atoms with E-state index in [1.165, 1.54) is 16.7 Å². The minimum atomic E-state index is -0.305. The Morgan fingerprint density at radius 1 is 1.00 bits per heavy atom. The first-order valence-corrected chi connectivity index (χ1v) is 6.71. The Kier molecular flexibility index (Phi) is 4.41. The van der Waals surface area contributed by atoms with Gasteiger partial charge in [0.2, 0.25) is 5.91 Å². The fourth-order valence-electron chi connectivity index (χ4n) is 2.32. The molecule has 2 rings (SSSR count). The topological polar surface area (TPSA) is 55.1 Å². The summed E-state index contributed by atoms with van der Waals surface area (Å²) in [6, 6.07) is 14.3. The molecule has 0 aliphatic carbocycles. The van der Waals surface area contributed by atoms with Crippen LogP contribution in [-0.2, 0) is 17.8 Å². The molecule has 20 heavy (non-hydrogen) atoms. The second-order valence-corrected chi connectivity index (χ2v) is 5.19. The number of primary amides is 1. The highest BCUT2D eigenvalue weighted by atomic mass is 16.1. The van der Waals surface area contributed by atoms with Gasteiger partial charge in [-0.25, -0.2) is 0 Å². The van der Waals surface area contributed by atoms with Crippen molar-refractivity contribution in [2.75, 3.05) is 5.32 Å². The lowest BCUT2D eigenvalue weighted by molar-refractivity contribution is -0.117. The molecule has 0 saturated heterocycles. The fraction of sp³-hybridized carbons (Fsp3) is 0.235. The average Bonchev–Trinajstić information content (AvgIpc) is 2.36. The maximum Gasteiger partial charge on any atom is 0.221 e. The van der Waals surface area contributed by atoms with Gasteiger partial charge in [-0.15, -0.1) is 0 Å². The molecule has 0 saturated carbocycles. The molecule has 104 valence electrons. The molecule has 0 atom stereocenters. The Morgan fingerprint density at radius 3 is 2.15 bits per heavy atom. The van der Waals surface area contributed by atoms with Crippen LogP contribution in [-0.4, -0.2) is 5.91 Å². The third-order valence-corrected chi connectivity index (χ3v) is 3.11. The van der Waals surface area contributed by atoms with Crippen molar-refractivity contribution >= 4 is 11.6 Å². The van der Waals surface area contributed by atoms with Crippen molar-refractivity contribution in [3.8, 4) is 0 Å². The minimum Gasteiger partial charge on any atom is -0.381 e. The normalized spacial score (nSPS) is 10.3. The zero-order chi connectivity index (χ0) is 14.5. The van der Waals surface area contributed by atoms with E-state index in [0.717, 1.165) is 17.8 Å². The van der Waals surface area contributed by atoms with Gasteiger partial charge in [-0.3, -0.25) is 4.79 Å². The maximum atomic E-state index is 10.8. The Morgan fingerprint density at radius 2 is 1.60 bits per heavy atom. The summed E-state index contributed by atoms with van der Waals surface area (Å²) in [5, 5.41) is 3.38. The molecule has 0 radical (unpaired) electrons. The van der Waals surface area contributed by atoms with E-state index in [1.54, 1.807) is 0 Å². The summed E-state index contributed by atoms with van der Waals surface area (Å²) < 4.78 is 0. The Balaban J connectivity index is 1.98. The standard InChI is InChI=1S/C17H20N2O/c1-12-7-13(2)9-15(8-12)11-19-16-5-3-14(4-6-16)10-17(18)20/h3-9,19H,10-11H2,1-2H3,(H2,18,20). The summed E-state index contributed by atoms with van der Waals surface area (Å²) in [6.07, 6.45) is 0.289. The molecule has 3 N–H and O–H groups in total. The molecule has 0 fully saturated rings. The second kappa shape index (κ2) is 6.24. The Hall–Kier alpha value is -2.29. The van der Waals surface area contributed by atoms with Crippen LogP contribution in [0.25, 0.3) is 0 Å². The number of aryl methyl sites for hydroxylation is 2. The lowest BCUT2D eigenvalue weighted by atomic mass is 10.1. The van der Waals surface area contributed by atoms with Gasteiger partial charge in [0.05, 0.1) is 6.42 Å². The number of amides is 1. The monoisotopic (exact) mass is 268 g/mol. The molecule has 0 bridgehead atoms. The molecule has 0 heterocycles. The smallest absolute Gasteiger partial charge is 0.221 e. The number of nitrogens with one attached hydrogen (secondary N) is 1. The molecule has 0 unspecified atom stereocenters. The van der Waals surface area contributed by atoms with Crippen molar-refractivity contribution in [2.24, 2.45) is 5.73 Å². The Bertz CT molecular complexity index is 583. The van der Waals surface area contributed by atoms with Crippen LogP contribution in [0.1, 0.15) is 22.3 Å². The van der Waals surface area contributed by atoms with Crippen LogP contribution in [0.15, 0.2) is 42.5 Å². The lowest BCUT2D eigenvalue weighted by Gasteiger charge is -2.09. The summed E-state index contributed by atoms with van der Waals surface area (Å²) in [5.74, 6) is -0.305. The SMILES string of the molecule is Cc1cc(C)cc(CNc2ccc(CC(N)=O)cc2)c1. The number of nitrogens with two attached hydrogens (primary N) is 1. The average molecular weight is 268 g/mol.